The standard InChI is InChI=1S/C20H20N8O4S/c1-14-16(13-22-28(14)20-23-18(29)17-5-3-7-27(17)24-20)19(30)25-8-10-26(11-9-25)33(31,32)15-4-2-6-21-12-15/h2-7,12-13H,8-11H2,1H3,(H,23,24,29). The van der Waals surface area contributed by atoms with E-state index < -0.39 is 10.0 Å². The molecule has 13 heteroatoms. The molecule has 5 rings (SSSR count). The Balaban J connectivity index is 1.34. The largest absolute Gasteiger partial charge is 0.336 e. The predicted octanol–water partition coefficient (Wildman–Crippen LogP) is 0.0584. The average Bonchev–Trinajstić information content (AvgIpc) is 3.46. The van der Waals surface area contributed by atoms with Crippen LogP contribution in [-0.4, -0.2) is 79.1 Å². The summed E-state index contributed by atoms with van der Waals surface area (Å²) in [4.78, 5) is 33.7. The summed E-state index contributed by atoms with van der Waals surface area (Å²) in [5, 5.41) is 8.57. The number of amides is 1. The first-order chi connectivity index (χ1) is 15.9. The molecule has 33 heavy (non-hydrogen) atoms. The summed E-state index contributed by atoms with van der Waals surface area (Å²) >= 11 is 0. The van der Waals surface area contributed by atoms with E-state index in [1.165, 1.54) is 38.2 Å². The highest BCUT2D eigenvalue weighted by atomic mass is 32.2. The van der Waals surface area contributed by atoms with Gasteiger partial charge >= 0.3 is 0 Å². The van der Waals surface area contributed by atoms with Crippen molar-refractivity contribution in [2.75, 3.05) is 26.2 Å². The molecule has 1 aliphatic rings. The number of hydrogen-bond acceptors (Lipinski definition) is 7. The third-order valence-electron chi connectivity index (χ3n) is 5.63. The topological polar surface area (TPSA) is 139 Å². The average molecular weight is 468 g/mol. The molecule has 4 aromatic rings. The summed E-state index contributed by atoms with van der Waals surface area (Å²) in [6, 6.07) is 6.43. The van der Waals surface area contributed by atoms with E-state index >= 15 is 0 Å². The molecule has 0 radical (unpaired) electrons. The minimum Gasteiger partial charge on any atom is -0.336 e. The lowest BCUT2D eigenvalue weighted by Gasteiger charge is -2.33. The normalized spacial score (nSPS) is 15.2. The molecule has 1 saturated heterocycles. The zero-order chi connectivity index (χ0) is 23.2. The van der Waals surface area contributed by atoms with Gasteiger partial charge < -0.3 is 4.90 Å². The van der Waals surface area contributed by atoms with Crippen LogP contribution in [0, 0.1) is 6.92 Å². The van der Waals surface area contributed by atoms with E-state index in [4.69, 9.17) is 0 Å². The van der Waals surface area contributed by atoms with Crippen molar-refractivity contribution in [3.8, 4) is 5.95 Å². The number of aromatic amines is 1. The van der Waals surface area contributed by atoms with Gasteiger partial charge in [0.25, 0.3) is 11.5 Å². The molecule has 0 spiro atoms. The van der Waals surface area contributed by atoms with Crippen LogP contribution >= 0.6 is 0 Å². The Bertz CT molecular complexity index is 1500. The zero-order valence-corrected chi connectivity index (χ0v) is 18.4. The number of carbonyl (C=O) groups excluding carboxylic acids is 1. The zero-order valence-electron chi connectivity index (χ0n) is 17.6. The first kappa shape index (κ1) is 21.0. The molecule has 0 bridgehead atoms. The van der Waals surface area contributed by atoms with Crippen LogP contribution in [0.1, 0.15) is 16.1 Å². The third-order valence-corrected chi connectivity index (χ3v) is 7.51. The van der Waals surface area contributed by atoms with E-state index in [1.807, 2.05) is 0 Å². The highest BCUT2D eigenvalue weighted by Crippen LogP contribution is 2.19. The number of piperazine rings is 1. The molecule has 170 valence electrons. The monoisotopic (exact) mass is 468 g/mol. The van der Waals surface area contributed by atoms with Gasteiger partial charge in [-0.25, -0.2) is 17.6 Å². The highest BCUT2D eigenvalue weighted by molar-refractivity contribution is 7.89. The van der Waals surface area contributed by atoms with Gasteiger partial charge in [-0.05, 0) is 31.2 Å². The SMILES string of the molecule is Cc1c(C(=O)N2CCN(S(=O)(=O)c3cccnc3)CC2)cnn1-c1nn2cccc2c(=O)[nH]1. The van der Waals surface area contributed by atoms with Crippen molar-refractivity contribution < 1.29 is 13.2 Å². The maximum absolute atomic E-state index is 13.1. The van der Waals surface area contributed by atoms with Crippen LogP contribution in [0.2, 0.25) is 0 Å². The van der Waals surface area contributed by atoms with Crippen LogP contribution in [0.15, 0.2) is 58.7 Å². The maximum Gasteiger partial charge on any atom is 0.276 e. The van der Waals surface area contributed by atoms with E-state index in [9.17, 15) is 18.0 Å². The van der Waals surface area contributed by atoms with Gasteiger partial charge in [-0.1, -0.05) is 0 Å². The number of fused-ring (bicyclic) bond motifs is 1. The van der Waals surface area contributed by atoms with Gasteiger partial charge in [0.2, 0.25) is 16.0 Å². The summed E-state index contributed by atoms with van der Waals surface area (Å²) in [6.45, 7) is 2.55. The van der Waals surface area contributed by atoms with Gasteiger partial charge in [0.15, 0.2) is 0 Å². The van der Waals surface area contributed by atoms with Crippen molar-refractivity contribution in [3.63, 3.8) is 0 Å². The molecule has 4 aromatic heterocycles. The van der Waals surface area contributed by atoms with Crippen molar-refractivity contribution in [2.24, 2.45) is 0 Å². The Morgan fingerprint density at radius 2 is 1.88 bits per heavy atom. The van der Waals surface area contributed by atoms with Crippen LogP contribution in [0.3, 0.4) is 0 Å². The second-order valence-electron chi connectivity index (χ2n) is 7.56. The van der Waals surface area contributed by atoms with Crippen LogP contribution in [0.25, 0.3) is 11.5 Å². The molecule has 0 atom stereocenters. The molecule has 1 aliphatic heterocycles. The van der Waals surface area contributed by atoms with Crippen LogP contribution < -0.4 is 5.56 Å². The molecule has 1 N–H and O–H groups in total. The van der Waals surface area contributed by atoms with Gasteiger partial charge in [-0.3, -0.25) is 19.6 Å². The predicted molar refractivity (Wildman–Crippen MR) is 117 cm³/mol. The van der Waals surface area contributed by atoms with Gasteiger partial charge in [0.05, 0.1) is 17.5 Å². The Morgan fingerprint density at radius 1 is 1.09 bits per heavy atom. The molecule has 0 unspecified atom stereocenters. The number of hydrogen-bond donors (Lipinski definition) is 1. The fourth-order valence-corrected chi connectivity index (χ4v) is 5.20. The van der Waals surface area contributed by atoms with E-state index in [0.717, 1.165) is 0 Å². The van der Waals surface area contributed by atoms with E-state index in [-0.39, 0.29) is 48.5 Å². The molecule has 1 fully saturated rings. The molecule has 5 heterocycles. The van der Waals surface area contributed by atoms with Crippen LogP contribution in [0.5, 0.6) is 0 Å². The van der Waals surface area contributed by atoms with Crippen LogP contribution in [0.4, 0.5) is 0 Å². The molecule has 0 aromatic carbocycles. The Kier molecular flexibility index (Phi) is 5.06. The number of rotatable bonds is 4. The van der Waals surface area contributed by atoms with Crippen molar-refractivity contribution in [1.29, 1.82) is 0 Å². The van der Waals surface area contributed by atoms with Gasteiger partial charge in [0.1, 0.15) is 10.4 Å². The van der Waals surface area contributed by atoms with E-state index in [0.29, 0.717) is 16.8 Å². The number of carbonyl (C=O) groups is 1. The lowest BCUT2D eigenvalue weighted by atomic mass is 10.2. The lowest BCUT2D eigenvalue weighted by Crippen LogP contribution is -2.50. The molecular weight excluding hydrogens is 448 g/mol. The number of sulfonamides is 1. The van der Waals surface area contributed by atoms with Gasteiger partial charge in [-0.15, -0.1) is 5.10 Å². The quantitative estimate of drug-likeness (QED) is 0.447. The number of nitrogens with zero attached hydrogens (tertiary/aromatic N) is 7. The minimum atomic E-state index is -3.66. The summed E-state index contributed by atoms with van der Waals surface area (Å²) in [5.74, 6) is -0.0748. The summed E-state index contributed by atoms with van der Waals surface area (Å²) in [5.41, 5.74) is 0.951. The Hall–Kier alpha value is -3.84. The number of pyridine rings is 1. The molecule has 0 aliphatic carbocycles. The minimum absolute atomic E-state index is 0.128. The fraction of sp³-hybridized carbons (Fsp3) is 0.250. The summed E-state index contributed by atoms with van der Waals surface area (Å²) in [7, 11) is -3.66. The van der Waals surface area contributed by atoms with Crippen molar-refractivity contribution >= 4 is 21.4 Å². The Morgan fingerprint density at radius 3 is 2.61 bits per heavy atom. The lowest BCUT2D eigenvalue weighted by molar-refractivity contribution is 0.0697. The first-order valence-electron chi connectivity index (χ1n) is 10.2. The molecule has 12 nitrogen and oxygen atoms in total. The number of aromatic nitrogens is 6. The van der Waals surface area contributed by atoms with Crippen molar-refractivity contribution in [3.05, 3.63) is 70.7 Å². The van der Waals surface area contributed by atoms with Gasteiger partial charge in [-0.2, -0.15) is 9.40 Å². The van der Waals surface area contributed by atoms with E-state index in [2.05, 4.69) is 20.2 Å². The van der Waals surface area contributed by atoms with Crippen LogP contribution in [-0.2, 0) is 10.0 Å². The third kappa shape index (κ3) is 3.60. The van der Waals surface area contributed by atoms with Gasteiger partial charge in [0, 0.05) is 44.8 Å². The summed E-state index contributed by atoms with van der Waals surface area (Å²) in [6.07, 6.45) is 5.90. The number of H-pyrrole nitrogens is 1. The maximum atomic E-state index is 13.1. The number of nitrogens with one attached hydrogen (secondary N) is 1. The fourth-order valence-electron chi connectivity index (χ4n) is 3.81. The molecule has 0 saturated carbocycles. The first-order valence-corrected chi connectivity index (χ1v) is 11.6. The van der Waals surface area contributed by atoms with Crippen molar-refractivity contribution in [1.82, 2.24) is 38.6 Å². The Labute approximate surface area is 188 Å². The molecular formula is C20H20N8O4S. The second kappa shape index (κ2) is 7.94. The highest BCUT2D eigenvalue weighted by Gasteiger charge is 2.31. The van der Waals surface area contributed by atoms with Crippen molar-refractivity contribution in [2.45, 2.75) is 11.8 Å². The summed E-state index contributed by atoms with van der Waals surface area (Å²) < 4.78 is 29.8. The smallest absolute Gasteiger partial charge is 0.276 e. The van der Waals surface area contributed by atoms with E-state index in [1.54, 1.807) is 36.2 Å². The molecule has 1 amide bonds. The second-order valence-corrected chi connectivity index (χ2v) is 9.49.